The van der Waals surface area contributed by atoms with E-state index >= 15 is 0 Å². The summed E-state index contributed by atoms with van der Waals surface area (Å²) in [4.78, 5) is 20.7. The second kappa shape index (κ2) is 22.6. The van der Waals surface area contributed by atoms with Crippen molar-refractivity contribution in [3.8, 4) is 11.5 Å². The first-order chi connectivity index (χ1) is 37.5. The molecule has 0 atom stereocenters. The summed E-state index contributed by atoms with van der Waals surface area (Å²) in [5.41, 5.74) is 3.17. The molecule has 10 heteroatoms. The topological polar surface area (TPSA) is 60.4 Å². The maximum Gasteiger partial charge on any atom is 0.216 e. The Labute approximate surface area is 465 Å². The minimum absolute atomic E-state index is 0.0184. The minimum atomic E-state index is -3.33. The highest BCUT2D eigenvalue weighted by molar-refractivity contribution is 8.00. The van der Waals surface area contributed by atoms with Gasteiger partial charge in [-0.15, -0.1) is 0 Å². The van der Waals surface area contributed by atoms with Crippen molar-refractivity contribution in [3.63, 3.8) is 0 Å². The van der Waals surface area contributed by atoms with Gasteiger partial charge in [0.2, 0.25) is 25.1 Å². The van der Waals surface area contributed by atoms with Crippen molar-refractivity contribution in [2.24, 2.45) is 12.5 Å². The van der Waals surface area contributed by atoms with E-state index in [-0.39, 0.29) is 59.1 Å². The van der Waals surface area contributed by atoms with Crippen LogP contribution in [-0.4, -0.2) is 27.2 Å². The van der Waals surface area contributed by atoms with Crippen LogP contribution in [0.15, 0.2) is 287 Å². The molecule has 0 aliphatic carbocycles. The molecule has 12 aromatic rings. The van der Waals surface area contributed by atoms with Gasteiger partial charge in [-0.3, -0.25) is 4.79 Å². The molecule has 3 aliphatic heterocycles. The SMILES string of the molecule is C[S+]1c2ccccc2Cc2ccccc21.C[S+]1c2ccccc2Oc2ccccc21.C[S+]1c2ccccc2S(=O)(=O)c2ccccc21.C[s+]1c2ccccc2c(=O)c2ccccc21.C[s+]1c2ccccc2c2ccccc21. The number of sulfone groups is 1. The van der Waals surface area contributed by atoms with Crippen molar-refractivity contribution >= 4 is 104 Å². The second-order valence-corrected chi connectivity index (χ2v) is 30.0. The second-order valence-electron chi connectivity index (χ2n) is 18.6. The van der Waals surface area contributed by atoms with E-state index in [2.05, 4.69) is 165 Å². The smallest absolute Gasteiger partial charge is 0.216 e. The molecule has 0 N–H and O–H groups in total. The summed E-state index contributed by atoms with van der Waals surface area (Å²) in [6.07, 6.45) is 12.3. The maximum absolute atomic E-state index is 12.4. The third-order valence-corrected chi connectivity index (χ3v) is 26.5. The Bertz CT molecular complexity index is 3980. The highest BCUT2D eigenvalue weighted by Crippen LogP contribution is 2.44. The molecule has 0 unspecified atom stereocenters. The van der Waals surface area contributed by atoms with E-state index in [1.165, 1.54) is 60.3 Å². The Balaban J connectivity index is 0.000000103. The van der Waals surface area contributed by atoms with Gasteiger partial charge in [-0.1, -0.05) is 133 Å². The minimum Gasteiger partial charge on any atom is -0.447 e. The van der Waals surface area contributed by atoms with Gasteiger partial charge in [0.1, 0.15) is 41.1 Å². The van der Waals surface area contributed by atoms with Crippen molar-refractivity contribution < 1.29 is 13.2 Å². The van der Waals surface area contributed by atoms with E-state index in [4.69, 9.17) is 4.74 Å². The molecule has 0 radical (unpaired) electrons. The van der Waals surface area contributed by atoms with Crippen LogP contribution in [0.4, 0.5) is 0 Å². The monoisotopic (exact) mass is 1120 g/mol. The Kier molecular flexibility index (Phi) is 15.3. The lowest BCUT2D eigenvalue weighted by Gasteiger charge is -2.17. The van der Waals surface area contributed by atoms with Crippen LogP contribution in [-0.2, 0) is 61.5 Å². The molecule has 15 rings (SSSR count). The molecule has 380 valence electrons. The number of benzene rings is 10. The molecule has 4 nitrogen and oxygen atoms in total. The number of ether oxygens (including phenoxy) is 1. The average molecular weight is 1120 g/mol. The van der Waals surface area contributed by atoms with Gasteiger partial charge in [-0.25, -0.2) is 8.42 Å². The van der Waals surface area contributed by atoms with Crippen molar-refractivity contribution in [2.45, 2.75) is 45.6 Å². The molecule has 0 spiro atoms. The molecule has 3 aliphatic rings. The summed E-state index contributed by atoms with van der Waals surface area (Å²) in [5.74, 6) is 2.00. The molecule has 2 aromatic heterocycles. The fraction of sp³-hybridized carbons (Fsp3) is 0.0896. The molecule has 77 heavy (non-hydrogen) atoms. The van der Waals surface area contributed by atoms with Crippen molar-refractivity contribution in [3.05, 3.63) is 264 Å². The molecule has 0 saturated heterocycles. The van der Waals surface area contributed by atoms with Gasteiger partial charge in [0.25, 0.3) is 0 Å². The predicted octanol–water partition coefficient (Wildman–Crippen LogP) is 17.1. The third-order valence-electron chi connectivity index (χ3n) is 14.1. The fourth-order valence-corrected chi connectivity index (χ4v) is 21.7. The number of hydrogen-bond acceptors (Lipinski definition) is 4. The van der Waals surface area contributed by atoms with E-state index < -0.39 is 9.84 Å². The van der Waals surface area contributed by atoms with Crippen LogP contribution in [0.1, 0.15) is 11.1 Å². The summed E-state index contributed by atoms with van der Waals surface area (Å²) in [7, 11) is -2.80. The van der Waals surface area contributed by atoms with Crippen LogP contribution < -0.4 is 10.2 Å². The molecule has 10 aromatic carbocycles. The van der Waals surface area contributed by atoms with Gasteiger partial charge >= 0.3 is 0 Å². The molecular weight excluding hydrogens is 1060 g/mol. The first kappa shape index (κ1) is 52.2. The first-order valence-corrected chi connectivity index (χ1v) is 34.8. The Hall–Kier alpha value is -6.89. The van der Waals surface area contributed by atoms with Gasteiger partial charge in [0.05, 0.1) is 43.5 Å². The molecule has 5 heterocycles. The summed E-state index contributed by atoms with van der Waals surface area (Å²) in [6, 6.07) is 82.1. The largest absolute Gasteiger partial charge is 0.447 e. The van der Waals surface area contributed by atoms with Crippen LogP contribution in [0, 0.1) is 0 Å². The van der Waals surface area contributed by atoms with E-state index in [1.807, 2.05) is 84.9 Å². The lowest BCUT2D eigenvalue weighted by atomic mass is 10.0. The summed E-state index contributed by atoms with van der Waals surface area (Å²) >= 11 is 0. The van der Waals surface area contributed by atoms with Crippen LogP contribution in [0.25, 0.3) is 40.3 Å². The van der Waals surface area contributed by atoms with Crippen molar-refractivity contribution in [1.82, 2.24) is 0 Å². The molecule has 0 saturated carbocycles. The fourth-order valence-electron chi connectivity index (χ4n) is 10.3. The molecule has 0 amide bonds. The van der Waals surface area contributed by atoms with Crippen LogP contribution in [0.5, 0.6) is 11.5 Å². The van der Waals surface area contributed by atoms with Gasteiger partial charge in [0.15, 0.2) is 49.9 Å². The maximum atomic E-state index is 12.4. The van der Waals surface area contributed by atoms with Crippen molar-refractivity contribution in [1.29, 1.82) is 0 Å². The van der Waals surface area contributed by atoms with Gasteiger partial charge < -0.3 is 4.74 Å². The third kappa shape index (κ3) is 10.2. The van der Waals surface area contributed by atoms with Gasteiger partial charge in [-0.05, 0) is 130 Å². The van der Waals surface area contributed by atoms with Gasteiger partial charge in [-0.2, -0.15) is 0 Å². The number of aryl methyl sites for hydroxylation is 2. The van der Waals surface area contributed by atoms with E-state index in [0.717, 1.165) is 38.5 Å². The zero-order valence-electron chi connectivity index (χ0n) is 43.4. The van der Waals surface area contributed by atoms with E-state index in [1.54, 1.807) is 24.3 Å². The summed E-state index contributed by atoms with van der Waals surface area (Å²) in [5, 5.41) is 4.59. The number of para-hydroxylation sites is 2. The van der Waals surface area contributed by atoms with Crippen LogP contribution in [0.2, 0.25) is 0 Å². The standard InChI is InChI=1S/C14H11OS.C14H13S.C13H11O2S2.C13H11OS.C13H11S/c1-16-12-8-4-2-6-10(12)14(15)11-7-3-5-9-13(11)16;1-15-13-8-4-2-6-11(13)10-12-7-3-5-9-14(12)15;1-16-10-6-2-4-8-12(10)17(14,15)13-9-5-3-7-11(13)16;1-15-12-8-4-2-6-10(12)14-11-7-3-5-9-13(11)15;1-14-12-8-4-2-6-10(12)11-7-3-5-9-13(11)14/h2-9H,1H3;2-9H,10H2,1H3;2-9H,1H3;2-9H,1H3;2-9H,1H3/q5*+1. The molecule has 0 bridgehead atoms. The molecule has 0 fully saturated rings. The average Bonchev–Trinajstić information content (AvgIpc) is 3.78. The van der Waals surface area contributed by atoms with E-state index in [0.29, 0.717) is 9.79 Å². The number of rotatable bonds is 0. The normalized spacial score (nSPS) is 13.7. The number of hydrogen-bond donors (Lipinski definition) is 0. The lowest BCUT2D eigenvalue weighted by molar-refractivity contribution is 0.453. The Morgan fingerprint density at radius 2 is 0.610 bits per heavy atom. The first-order valence-electron chi connectivity index (χ1n) is 25.2. The summed E-state index contributed by atoms with van der Waals surface area (Å²) < 4.78 is 36.1. The lowest BCUT2D eigenvalue weighted by Crippen LogP contribution is -2.18. The van der Waals surface area contributed by atoms with Crippen LogP contribution >= 0.6 is 20.9 Å². The zero-order chi connectivity index (χ0) is 53.2. The number of thiophene rings is 1. The quantitative estimate of drug-likeness (QED) is 0.112. The van der Waals surface area contributed by atoms with Gasteiger partial charge in [0, 0.05) is 28.3 Å². The summed E-state index contributed by atoms with van der Waals surface area (Å²) in [6.45, 7) is 0. The highest BCUT2D eigenvalue weighted by Gasteiger charge is 2.40. The highest BCUT2D eigenvalue weighted by atomic mass is 32.2. The van der Waals surface area contributed by atoms with Crippen LogP contribution in [0.3, 0.4) is 0 Å². The van der Waals surface area contributed by atoms with Crippen molar-refractivity contribution in [2.75, 3.05) is 18.8 Å². The Morgan fingerprint density at radius 3 is 1.04 bits per heavy atom. The zero-order valence-corrected chi connectivity index (χ0v) is 48.3. The Morgan fingerprint density at radius 1 is 0.325 bits per heavy atom. The van der Waals surface area contributed by atoms with E-state index in [9.17, 15) is 13.2 Å². The number of fused-ring (bicyclic) bond motifs is 11. The predicted molar refractivity (Wildman–Crippen MR) is 333 cm³/mol. The molecular formula is C67H57O4S6+5.